The van der Waals surface area contributed by atoms with Crippen LogP contribution in [-0.4, -0.2) is 17.5 Å². The largest absolute Gasteiger partial charge is 0.317 e. The third kappa shape index (κ3) is 2.94. The van der Waals surface area contributed by atoms with Crippen molar-refractivity contribution in [2.45, 2.75) is 20.8 Å². The van der Waals surface area contributed by atoms with E-state index in [1.54, 1.807) is 6.92 Å². The van der Waals surface area contributed by atoms with Crippen molar-refractivity contribution < 1.29 is 10.0 Å². The fourth-order valence-corrected chi connectivity index (χ4v) is 0.807. The maximum absolute atomic E-state index is 11.1. The molecule has 0 saturated carbocycles. The van der Waals surface area contributed by atoms with Gasteiger partial charge in [-0.1, -0.05) is 20.8 Å². The Hall–Kier alpha value is -0.410. The molecule has 3 heteroatoms. The van der Waals surface area contributed by atoms with Gasteiger partial charge >= 0.3 is 0 Å². The van der Waals surface area contributed by atoms with E-state index in [0.29, 0.717) is 6.54 Å². The van der Waals surface area contributed by atoms with Gasteiger partial charge in [0.1, 0.15) is 5.78 Å². The van der Waals surface area contributed by atoms with Crippen molar-refractivity contribution in [3.63, 3.8) is 0 Å². The van der Waals surface area contributed by atoms with E-state index in [0.717, 1.165) is 0 Å². The van der Waals surface area contributed by atoms with Crippen molar-refractivity contribution in [1.82, 2.24) is 5.48 Å². The van der Waals surface area contributed by atoms with Gasteiger partial charge < -0.3 is 5.21 Å². The van der Waals surface area contributed by atoms with Crippen LogP contribution < -0.4 is 5.48 Å². The summed E-state index contributed by atoms with van der Waals surface area (Å²) >= 11 is 0. The molecule has 0 heterocycles. The Balaban J connectivity index is 3.71. The van der Waals surface area contributed by atoms with E-state index in [1.807, 2.05) is 19.3 Å². The first-order valence-corrected chi connectivity index (χ1v) is 3.50. The number of carbonyl (C=O) groups excluding carboxylic acids is 1. The third-order valence-corrected chi connectivity index (χ3v) is 1.45. The average molecular weight is 145 g/mol. The van der Waals surface area contributed by atoms with Crippen molar-refractivity contribution in [3.05, 3.63) is 0 Å². The molecule has 0 aromatic carbocycles. The van der Waals surface area contributed by atoms with Crippen molar-refractivity contribution in [2.24, 2.45) is 11.8 Å². The molecule has 0 aliphatic heterocycles. The summed E-state index contributed by atoms with van der Waals surface area (Å²) in [4.78, 5) is 11.1. The molecule has 0 rings (SSSR count). The van der Waals surface area contributed by atoms with Crippen LogP contribution in [0, 0.1) is 11.8 Å². The highest BCUT2D eigenvalue weighted by molar-refractivity contribution is 5.82. The van der Waals surface area contributed by atoms with Crippen molar-refractivity contribution in [2.75, 3.05) is 6.54 Å². The maximum Gasteiger partial charge on any atom is 0.139 e. The predicted molar refractivity (Wildman–Crippen MR) is 38.8 cm³/mol. The van der Waals surface area contributed by atoms with Gasteiger partial charge in [0.15, 0.2) is 0 Å². The Morgan fingerprint density at radius 1 is 1.50 bits per heavy atom. The molecule has 3 nitrogen and oxygen atoms in total. The molecular formula is C7H15NO2. The van der Waals surface area contributed by atoms with Crippen LogP contribution in [-0.2, 0) is 4.79 Å². The number of nitrogens with one attached hydrogen (secondary N) is 1. The number of Topliss-reactive ketones (excluding diaryl/α,β-unsaturated/α-hetero) is 1. The molecule has 0 aliphatic carbocycles. The summed E-state index contributed by atoms with van der Waals surface area (Å²) < 4.78 is 0. The summed E-state index contributed by atoms with van der Waals surface area (Å²) in [6.07, 6.45) is 0. The molecule has 0 amide bonds. The lowest BCUT2D eigenvalue weighted by Crippen LogP contribution is -2.26. The highest BCUT2D eigenvalue weighted by Gasteiger charge is 2.14. The Bertz CT molecular complexity index is 112. The Morgan fingerprint density at radius 2 is 2.00 bits per heavy atom. The van der Waals surface area contributed by atoms with Crippen LogP contribution >= 0.6 is 0 Å². The van der Waals surface area contributed by atoms with E-state index in [4.69, 9.17) is 5.21 Å². The van der Waals surface area contributed by atoms with Gasteiger partial charge in [-0.2, -0.15) is 0 Å². The van der Waals surface area contributed by atoms with Gasteiger partial charge in [-0.05, 0) is 0 Å². The summed E-state index contributed by atoms with van der Waals surface area (Å²) in [7, 11) is 0. The molecule has 60 valence electrons. The predicted octanol–water partition coefficient (Wildman–Crippen LogP) is 0.826. The topological polar surface area (TPSA) is 49.3 Å². The van der Waals surface area contributed by atoms with Crippen LogP contribution in [0.2, 0.25) is 0 Å². The SMILES string of the molecule is CC(C)C(=O)C(C)CNO. The number of carbonyl (C=O) groups is 1. The molecule has 1 unspecified atom stereocenters. The summed E-state index contributed by atoms with van der Waals surface area (Å²) in [5.41, 5.74) is 1.98. The van der Waals surface area contributed by atoms with Gasteiger partial charge in [0.25, 0.3) is 0 Å². The zero-order valence-electron chi connectivity index (χ0n) is 6.72. The van der Waals surface area contributed by atoms with E-state index in [9.17, 15) is 4.79 Å². The summed E-state index contributed by atoms with van der Waals surface area (Å²) in [6.45, 7) is 5.86. The molecule has 0 aromatic rings. The standard InChI is InChI=1S/C7H15NO2/c1-5(2)7(9)6(3)4-8-10/h5-6,8,10H,4H2,1-3H3. The third-order valence-electron chi connectivity index (χ3n) is 1.45. The number of hydrogen-bond acceptors (Lipinski definition) is 3. The van der Waals surface area contributed by atoms with Gasteiger partial charge in [-0.3, -0.25) is 4.79 Å². The average Bonchev–Trinajstić information content (AvgIpc) is 1.87. The first-order valence-electron chi connectivity index (χ1n) is 3.50. The smallest absolute Gasteiger partial charge is 0.139 e. The quantitative estimate of drug-likeness (QED) is 0.576. The van der Waals surface area contributed by atoms with E-state index < -0.39 is 0 Å². The molecule has 0 radical (unpaired) electrons. The second kappa shape index (κ2) is 4.41. The van der Waals surface area contributed by atoms with E-state index in [1.165, 1.54) is 0 Å². The minimum absolute atomic E-state index is 0.0587. The van der Waals surface area contributed by atoms with E-state index in [2.05, 4.69) is 0 Å². The van der Waals surface area contributed by atoms with Crippen molar-refractivity contribution in [1.29, 1.82) is 0 Å². The van der Waals surface area contributed by atoms with E-state index in [-0.39, 0.29) is 17.6 Å². The van der Waals surface area contributed by atoms with Gasteiger partial charge in [0.05, 0.1) is 0 Å². The molecule has 0 aliphatic rings. The zero-order chi connectivity index (χ0) is 8.15. The van der Waals surface area contributed by atoms with Gasteiger partial charge in [0.2, 0.25) is 0 Å². The van der Waals surface area contributed by atoms with Crippen LogP contribution in [0.25, 0.3) is 0 Å². The number of ketones is 1. The lowest BCUT2D eigenvalue weighted by Gasteiger charge is -2.10. The van der Waals surface area contributed by atoms with Gasteiger partial charge in [0, 0.05) is 18.4 Å². The molecule has 0 spiro atoms. The number of hydroxylamine groups is 1. The van der Waals surface area contributed by atoms with Crippen LogP contribution in [0.15, 0.2) is 0 Å². The molecule has 2 N–H and O–H groups in total. The summed E-state index contributed by atoms with van der Waals surface area (Å²) in [5, 5.41) is 8.27. The summed E-state index contributed by atoms with van der Waals surface area (Å²) in [5.74, 6) is 0.148. The van der Waals surface area contributed by atoms with Crippen LogP contribution in [0.4, 0.5) is 0 Å². The Morgan fingerprint density at radius 3 is 2.30 bits per heavy atom. The second-order valence-corrected chi connectivity index (χ2v) is 2.82. The Kier molecular flexibility index (Phi) is 4.23. The highest BCUT2D eigenvalue weighted by Crippen LogP contribution is 2.04. The second-order valence-electron chi connectivity index (χ2n) is 2.82. The van der Waals surface area contributed by atoms with Gasteiger partial charge in [-0.15, -0.1) is 0 Å². The molecule has 0 fully saturated rings. The van der Waals surface area contributed by atoms with Crippen molar-refractivity contribution in [3.8, 4) is 0 Å². The highest BCUT2D eigenvalue weighted by atomic mass is 16.5. The minimum atomic E-state index is -0.0926. The number of rotatable bonds is 4. The fraction of sp³-hybridized carbons (Fsp3) is 0.857. The number of hydrogen-bond donors (Lipinski definition) is 2. The minimum Gasteiger partial charge on any atom is -0.317 e. The molecule has 0 bridgehead atoms. The lowest BCUT2D eigenvalue weighted by atomic mass is 9.97. The van der Waals surface area contributed by atoms with Crippen LogP contribution in [0.1, 0.15) is 20.8 Å². The molecule has 0 saturated heterocycles. The van der Waals surface area contributed by atoms with Crippen molar-refractivity contribution >= 4 is 5.78 Å². The lowest BCUT2D eigenvalue weighted by molar-refractivity contribution is -0.125. The first kappa shape index (κ1) is 9.59. The zero-order valence-corrected chi connectivity index (χ0v) is 6.72. The fourth-order valence-electron chi connectivity index (χ4n) is 0.807. The monoisotopic (exact) mass is 145 g/mol. The Labute approximate surface area is 61.4 Å². The van der Waals surface area contributed by atoms with Crippen LogP contribution in [0.3, 0.4) is 0 Å². The first-order chi connectivity index (χ1) is 4.59. The maximum atomic E-state index is 11.1. The molecule has 0 aromatic heterocycles. The molecular weight excluding hydrogens is 130 g/mol. The van der Waals surface area contributed by atoms with E-state index >= 15 is 0 Å². The van der Waals surface area contributed by atoms with Gasteiger partial charge in [-0.25, -0.2) is 5.48 Å². The molecule has 10 heavy (non-hydrogen) atoms. The molecule has 1 atom stereocenters. The van der Waals surface area contributed by atoms with Crippen LogP contribution in [0.5, 0.6) is 0 Å². The normalized spacial score (nSPS) is 13.7. The summed E-state index contributed by atoms with van der Waals surface area (Å²) in [6, 6.07) is 0.